The number of carboxylic acids is 1. The number of Topliss-reactive ketones (excluding diaryl/α,β-unsaturated/α-hetero) is 1. The highest BCUT2D eigenvalue weighted by atomic mass is 35.5. The Morgan fingerprint density at radius 3 is 2.49 bits per heavy atom. The van der Waals surface area contributed by atoms with E-state index in [0.717, 1.165) is 17.7 Å². The largest absolute Gasteiger partial charge is 0.493 e. The maximum Gasteiger partial charge on any atom is 0.311 e. The van der Waals surface area contributed by atoms with Crippen LogP contribution in [0.2, 0.25) is 5.02 Å². The average molecular weight is 523 g/mol. The third-order valence-corrected chi connectivity index (χ3v) is 6.34. The number of fused-ring (bicyclic) bond motifs is 1. The van der Waals surface area contributed by atoms with Crippen LogP contribution >= 0.6 is 11.6 Å². The van der Waals surface area contributed by atoms with Crippen molar-refractivity contribution in [3.63, 3.8) is 0 Å². The Morgan fingerprint density at radius 1 is 1.05 bits per heavy atom. The molecular weight excluding hydrogens is 492 g/mol. The molecule has 1 atom stereocenters. The molecule has 0 fully saturated rings. The van der Waals surface area contributed by atoms with Gasteiger partial charge < -0.3 is 19.3 Å². The van der Waals surface area contributed by atoms with E-state index in [1.165, 1.54) is 0 Å². The van der Waals surface area contributed by atoms with E-state index >= 15 is 0 Å². The number of hydrogen-bond donors (Lipinski definition) is 1. The van der Waals surface area contributed by atoms with Crippen LogP contribution in [0, 0.1) is 0 Å². The van der Waals surface area contributed by atoms with Crippen molar-refractivity contribution in [1.82, 2.24) is 0 Å². The molecule has 4 rings (SSSR count). The summed E-state index contributed by atoms with van der Waals surface area (Å²) in [4.78, 5) is 24.3. The van der Waals surface area contributed by atoms with Crippen LogP contribution in [0.4, 0.5) is 0 Å². The van der Waals surface area contributed by atoms with E-state index in [9.17, 15) is 14.7 Å². The number of carboxylic acid groups (broad SMARTS) is 1. The highest BCUT2D eigenvalue weighted by Gasteiger charge is 2.29. The molecule has 3 aromatic rings. The fourth-order valence-corrected chi connectivity index (χ4v) is 4.49. The van der Waals surface area contributed by atoms with E-state index in [2.05, 4.69) is 0 Å². The van der Waals surface area contributed by atoms with Gasteiger partial charge in [-0.15, -0.1) is 0 Å². The van der Waals surface area contributed by atoms with Crippen LogP contribution in [0.3, 0.4) is 0 Å². The Balaban J connectivity index is 1.36. The van der Waals surface area contributed by atoms with E-state index in [1.54, 1.807) is 36.4 Å². The minimum atomic E-state index is -0.906. The zero-order valence-electron chi connectivity index (χ0n) is 21.3. The molecule has 1 unspecified atom stereocenters. The molecule has 1 aliphatic rings. The van der Waals surface area contributed by atoms with E-state index in [-0.39, 0.29) is 11.4 Å². The second kappa shape index (κ2) is 11.3. The number of para-hydroxylation sites is 1. The number of ketones is 1. The van der Waals surface area contributed by atoms with Crippen molar-refractivity contribution in [2.45, 2.75) is 58.0 Å². The van der Waals surface area contributed by atoms with E-state index in [4.69, 9.17) is 25.8 Å². The summed E-state index contributed by atoms with van der Waals surface area (Å²) >= 11 is 6.38. The third kappa shape index (κ3) is 6.83. The van der Waals surface area contributed by atoms with E-state index in [1.807, 2.05) is 45.0 Å². The van der Waals surface area contributed by atoms with Crippen molar-refractivity contribution in [2.24, 2.45) is 0 Å². The van der Waals surface area contributed by atoms with Crippen LogP contribution in [0.25, 0.3) is 0 Å². The molecular formula is C30H31ClO6. The van der Waals surface area contributed by atoms with Gasteiger partial charge in [-0.25, -0.2) is 0 Å². The molecule has 3 aromatic carbocycles. The summed E-state index contributed by atoms with van der Waals surface area (Å²) in [5, 5.41) is 9.75. The molecule has 0 saturated heterocycles. The molecule has 0 aliphatic carbocycles. The van der Waals surface area contributed by atoms with Gasteiger partial charge >= 0.3 is 5.97 Å². The molecule has 0 amide bonds. The normalized spacial score (nSPS) is 14.9. The summed E-state index contributed by atoms with van der Waals surface area (Å²) in [5.74, 6) is 0.685. The summed E-state index contributed by atoms with van der Waals surface area (Å²) in [6.07, 6.45) is 2.28. The number of aryl methyl sites for hydroxylation is 1. The first kappa shape index (κ1) is 26.6. The summed E-state index contributed by atoms with van der Waals surface area (Å²) in [5.41, 5.74) is 1.96. The number of benzene rings is 3. The van der Waals surface area contributed by atoms with Crippen molar-refractivity contribution in [3.05, 3.63) is 82.4 Å². The average Bonchev–Trinajstić information content (AvgIpc) is 2.84. The molecule has 1 heterocycles. The molecule has 1 N–H and O–H groups in total. The van der Waals surface area contributed by atoms with Crippen molar-refractivity contribution >= 4 is 23.4 Å². The molecule has 37 heavy (non-hydrogen) atoms. The highest BCUT2D eigenvalue weighted by molar-refractivity contribution is 6.32. The van der Waals surface area contributed by atoms with Gasteiger partial charge in [0, 0.05) is 23.6 Å². The predicted molar refractivity (Wildman–Crippen MR) is 143 cm³/mol. The van der Waals surface area contributed by atoms with Crippen LogP contribution in [-0.2, 0) is 11.2 Å². The zero-order valence-corrected chi connectivity index (χ0v) is 22.0. The first-order valence-corrected chi connectivity index (χ1v) is 12.8. The molecule has 0 radical (unpaired) electrons. The van der Waals surface area contributed by atoms with Crippen LogP contribution < -0.4 is 14.2 Å². The quantitative estimate of drug-likeness (QED) is 0.293. The molecule has 1 aliphatic heterocycles. The predicted octanol–water partition coefficient (Wildman–Crippen LogP) is 7.47. The first-order chi connectivity index (χ1) is 17.6. The Morgan fingerprint density at radius 2 is 1.78 bits per heavy atom. The Bertz CT molecular complexity index is 1280. The molecule has 194 valence electrons. The molecule has 0 saturated carbocycles. The van der Waals surface area contributed by atoms with Gasteiger partial charge in [0.2, 0.25) is 0 Å². The lowest BCUT2D eigenvalue weighted by molar-refractivity contribution is -0.139. The van der Waals surface area contributed by atoms with Gasteiger partial charge in [0.1, 0.15) is 28.6 Å². The SMILES string of the molecule is CC(C)(C)Oc1ccccc1CCCC(=O)c1ccc(Oc2cc3c(cc2Cl)C(C(=O)O)CCO3)cc1. The monoisotopic (exact) mass is 522 g/mol. The van der Waals surface area contributed by atoms with Gasteiger partial charge in [0.05, 0.1) is 17.5 Å². The minimum Gasteiger partial charge on any atom is -0.493 e. The fraction of sp³-hybridized carbons (Fsp3) is 0.333. The summed E-state index contributed by atoms with van der Waals surface area (Å²) in [6, 6.07) is 18.1. The van der Waals surface area contributed by atoms with Crippen molar-refractivity contribution in [3.8, 4) is 23.0 Å². The maximum absolute atomic E-state index is 12.8. The lowest BCUT2D eigenvalue weighted by atomic mass is 9.93. The molecule has 7 heteroatoms. The molecule has 0 spiro atoms. The van der Waals surface area contributed by atoms with Gasteiger partial charge in [-0.2, -0.15) is 0 Å². The molecule has 0 aromatic heterocycles. The number of carbonyl (C=O) groups is 2. The number of carbonyl (C=O) groups excluding carboxylic acids is 1. The number of rotatable bonds is 9. The van der Waals surface area contributed by atoms with Gasteiger partial charge in [-0.3, -0.25) is 9.59 Å². The van der Waals surface area contributed by atoms with Crippen molar-refractivity contribution < 1.29 is 28.9 Å². The van der Waals surface area contributed by atoms with E-state index < -0.39 is 11.9 Å². The van der Waals surface area contributed by atoms with Crippen LogP contribution in [0.5, 0.6) is 23.0 Å². The summed E-state index contributed by atoms with van der Waals surface area (Å²) in [7, 11) is 0. The molecule has 6 nitrogen and oxygen atoms in total. The van der Waals surface area contributed by atoms with Crippen molar-refractivity contribution in [1.29, 1.82) is 0 Å². The zero-order chi connectivity index (χ0) is 26.6. The highest BCUT2D eigenvalue weighted by Crippen LogP contribution is 2.41. The molecule has 0 bridgehead atoms. The maximum atomic E-state index is 12.8. The van der Waals surface area contributed by atoms with Crippen LogP contribution in [-0.4, -0.2) is 29.1 Å². The first-order valence-electron chi connectivity index (χ1n) is 12.4. The van der Waals surface area contributed by atoms with Gasteiger partial charge in [0.15, 0.2) is 5.78 Å². The van der Waals surface area contributed by atoms with Gasteiger partial charge in [0.25, 0.3) is 0 Å². The number of hydrogen-bond acceptors (Lipinski definition) is 5. The lowest BCUT2D eigenvalue weighted by Crippen LogP contribution is -2.23. The van der Waals surface area contributed by atoms with Crippen LogP contribution in [0.1, 0.15) is 67.4 Å². The van der Waals surface area contributed by atoms with Crippen molar-refractivity contribution in [2.75, 3.05) is 6.61 Å². The van der Waals surface area contributed by atoms with Crippen LogP contribution in [0.15, 0.2) is 60.7 Å². The Hall–Kier alpha value is -3.51. The summed E-state index contributed by atoms with van der Waals surface area (Å²) in [6.45, 7) is 6.37. The minimum absolute atomic E-state index is 0.0562. The Kier molecular flexibility index (Phi) is 8.08. The number of aliphatic carboxylic acids is 1. The van der Waals surface area contributed by atoms with Gasteiger partial charge in [-0.05, 0) is 82.0 Å². The fourth-order valence-electron chi connectivity index (χ4n) is 4.28. The number of ether oxygens (including phenoxy) is 3. The third-order valence-electron chi connectivity index (χ3n) is 6.04. The second-order valence-electron chi connectivity index (χ2n) is 10.1. The van der Waals surface area contributed by atoms with E-state index in [0.29, 0.717) is 59.3 Å². The second-order valence-corrected chi connectivity index (χ2v) is 10.5. The standard InChI is InChI=1S/C30H31ClO6/c1-30(2,3)37-26-10-5-4-7-20(26)8-6-9-25(32)19-11-13-21(14-12-19)36-28-18-27-23(17-24(28)31)22(29(33)34)15-16-35-27/h4-5,7,10-14,17-18,22H,6,8-9,15-16H2,1-3H3,(H,33,34). The number of halogens is 1. The topological polar surface area (TPSA) is 82.1 Å². The lowest BCUT2D eigenvalue weighted by Gasteiger charge is -2.24. The summed E-state index contributed by atoms with van der Waals surface area (Å²) < 4.78 is 17.6. The van der Waals surface area contributed by atoms with Gasteiger partial charge in [-0.1, -0.05) is 29.8 Å². The smallest absolute Gasteiger partial charge is 0.311 e. The Labute approximate surface area is 222 Å².